The number of carbonyl (C=O) groups is 1. The fourth-order valence-corrected chi connectivity index (χ4v) is 2.78. The molecule has 1 aliphatic rings. The minimum absolute atomic E-state index is 0.0953. The van der Waals surface area contributed by atoms with Gasteiger partial charge >= 0.3 is 0 Å². The van der Waals surface area contributed by atoms with E-state index in [-0.39, 0.29) is 5.91 Å². The predicted octanol–water partition coefficient (Wildman–Crippen LogP) is 1.30. The number of rotatable bonds is 5. The number of aromatic nitrogens is 3. The second kappa shape index (κ2) is 7.85. The zero-order chi connectivity index (χ0) is 18.5. The van der Waals surface area contributed by atoms with Crippen LogP contribution in [0.5, 0.6) is 11.5 Å². The van der Waals surface area contributed by atoms with Crippen molar-refractivity contribution in [2.75, 3.05) is 50.6 Å². The molecule has 0 bridgehead atoms. The Bertz CT molecular complexity index is 777. The van der Waals surface area contributed by atoms with Crippen LogP contribution >= 0.6 is 0 Å². The molecule has 1 fully saturated rings. The number of hydrogen-bond donors (Lipinski definition) is 1. The van der Waals surface area contributed by atoms with Crippen LogP contribution in [0.2, 0.25) is 0 Å². The molecular weight excluding hydrogens is 336 g/mol. The largest absolute Gasteiger partial charge is 0.497 e. The lowest BCUT2D eigenvalue weighted by Gasteiger charge is -2.34. The third-order valence-electron chi connectivity index (χ3n) is 4.25. The number of hydrogen-bond acceptors (Lipinski definition) is 8. The maximum absolute atomic E-state index is 11.4. The van der Waals surface area contributed by atoms with Gasteiger partial charge in [0.1, 0.15) is 11.5 Å². The highest BCUT2D eigenvalue weighted by Crippen LogP contribution is 2.30. The lowest BCUT2D eigenvalue weighted by Crippen LogP contribution is -2.48. The fourth-order valence-electron chi connectivity index (χ4n) is 2.78. The lowest BCUT2D eigenvalue weighted by atomic mass is 10.2. The molecule has 0 aliphatic carbocycles. The van der Waals surface area contributed by atoms with Crippen molar-refractivity contribution < 1.29 is 14.3 Å². The molecule has 1 N–H and O–H groups in total. The van der Waals surface area contributed by atoms with E-state index in [0.29, 0.717) is 55.1 Å². The van der Waals surface area contributed by atoms with E-state index >= 15 is 0 Å². The molecule has 1 amide bonds. The van der Waals surface area contributed by atoms with Crippen LogP contribution in [0.3, 0.4) is 0 Å². The van der Waals surface area contributed by atoms with Crippen LogP contribution in [-0.2, 0) is 4.79 Å². The van der Waals surface area contributed by atoms with Crippen LogP contribution in [-0.4, -0.2) is 66.4 Å². The van der Waals surface area contributed by atoms with E-state index in [1.807, 2.05) is 11.0 Å². The summed E-state index contributed by atoms with van der Waals surface area (Å²) in [5.74, 6) is 2.51. The molecule has 26 heavy (non-hydrogen) atoms. The molecule has 0 unspecified atom stereocenters. The molecule has 1 aliphatic heterocycles. The van der Waals surface area contributed by atoms with Crippen LogP contribution in [0, 0.1) is 0 Å². The van der Waals surface area contributed by atoms with Crippen LogP contribution in [0.1, 0.15) is 6.92 Å². The number of amides is 1. The van der Waals surface area contributed by atoms with Gasteiger partial charge in [-0.2, -0.15) is 10.1 Å². The average molecular weight is 358 g/mol. The van der Waals surface area contributed by atoms with Gasteiger partial charge in [0, 0.05) is 39.2 Å². The van der Waals surface area contributed by atoms with Gasteiger partial charge in [0.2, 0.25) is 11.9 Å². The molecule has 1 saturated heterocycles. The monoisotopic (exact) mass is 358 g/mol. The van der Waals surface area contributed by atoms with Crippen molar-refractivity contribution in [3.8, 4) is 11.5 Å². The molecular formula is C17H22N6O3. The predicted molar refractivity (Wildman–Crippen MR) is 97.1 cm³/mol. The summed E-state index contributed by atoms with van der Waals surface area (Å²) in [4.78, 5) is 19.9. The highest BCUT2D eigenvalue weighted by molar-refractivity contribution is 5.73. The Labute approximate surface area is 151 Å². The Morgan fingerprint density at radius 2 is 1.92 bits per heavy atom. The number of carbonyl (C=O) groups excluding carboxylic acids is 1. The molecule has 2 heterocycles. The van der Waals surface area contributed by atoms with Crippen molar-refractivity contribution in [2.45, 2.75) is 6.92 Å². The van der Waals surface area contributed by atoms with Crippen LogP contribution in [0.25, 0.3) is 0 Å². The zero-order valence-corrected chi connectivity index (χ0v) is 15.1. The van der Waals surface area contributed by atoms with Crippen molar-refractivity contribution in [1.82, 2.24) is 20.1 Å². The molecule has 9 nitrogen and oxygen atoms in total. The number of anilines is 3. The molecule has 1 aromatic heterocycles. The Kier molecular flexibility index (Phi) is 5.35. The SMILES string of the molecule is COc1ccc(OC)c(Nc2nncc(N3CCN(C(C)=O)CC3)n2)c1. The second-order valence-corrected chi connectivity index (χ2v) is 5.82. The van der Waals surface area contributed by atoms with Crippen molar-refractivity contribution in [3.05, 3.63) is 24.4 Å². The minimum atomic E-state index is 0.0953. The first-order valence-corrected chi connectivity index (χ1v) is 8.30. The smallest absolute Gasteiger partial charge is 0.249 e. The molecule has 0 spiro atoms. The number of methoxy groups -OCH3 is 2. The number of benzene rings is 1. The fraction of sp³-hybridized carbons (Fsp3) is 0.412. The molecule has 138 valence electrons. The first-order chi connectivity index (χ1) is 12.6. The summed E-state index contributed by atoms with van der Waals surface area (Å²) in [6.45, 7) is 4.35. The van der Waals surface area contributed by atoms with Crippen LogP contribution in [0.4, 0.5) is 17.5 Å². The van der Waals surface area contributed by atoms with Gasteiger partial charge in [-0.3, -0.25) is 4.79 Å². The van der Waals surface area contributed by atoms with Gasteiger partial charge in [-0.15, -0.1) is 5.10 Å². The Balaban J connectivity index is 1.75. The molecule has 1 aromatic carbocycles. The first kappa shape index (κ1) is 17.7. The van der Waals surface area contributed by atoms with Gasteiger partial charge in [-0.1, -0.05) is 0 Å². The third kappa shape index (κ3) is 3.93. The molecule has 9 heteroatoms. The van der Waals surface area contributed by atoms with Gasteiger partial charge in [0.25, 0.3) is 0 Å². The van der Waals surface area contributed by atoms with E-state index in [9.17, 15) is 4.79 Å². The Morgan fingerprint density at radius 1 is 1.15 bits per heavy atom. The number of nitrogens with one attached hydrogen (secondary N) is 1. The number of ether oxygens (including phenoxy) is 2. The molecule has 0 radical (unpaired) electrons. The molecule has 0 saturated carbocycles. The highest BCUT2D eigenvalue weighted by atomic mass is 16.5. The Morgan fingerprint density at radius 3 is 2.58 bits per heavy atom. The maximum atomic E-state index is 11.4. The van der Waals surface area contributed by atoms with E-state index < -0.39 is 0 Å². The summed E-state index contributed by atoms with van der Waals surface area (Å²) in [7, 11) is 3.20. The van der Waals surface area contributed by atoms with Gasteiger partial charge in [-0.25, -0.2) is 0 Å². The lowest BCUT2D eigenvalue weighted by molar-refractivity contribution is -0.129. The average Bonchev–Trinajstić information content (AvgIpc) is 2.68. The topological polar surface area (TPSA) is 92.7 Å². The van der Waals surface area contributed by atoms with E-state index in [2.05, 4.69) is 25.4 Å². The summed E-state index contributed by atoms with van der Waals surface area (Å²) in [5.41, 5.74) is 0.687. The summed E-state index contributed by atoms with van der Waals surface area (Å²) in [6, 6.07) is 5.42. The van der Waals surface area contributed by atoms with Gasteiger partial charge < -0.3 is 24.6 Å². The van der Waals surface area contributed by atoms with E-state index in [0.717, 1.165) is 0 Å². The number of piperazine rings is 1. The normalized spacial score (nSPS) is 14.1. The zero-order valence-electron chi connectivity index (χ0n) is 15.1. The first-order valence-electron chi connectivity index (χ1n) is 8.30. The molecule has 2 aromatic rings. The molecule has 0 atom stereocenters. The quantitative estimate of drug-likeness (QED) is 0.855. The van der Waals surface area contributed by atoms with E-state index in [4.69, 9.17) is 9.47 Å². The summed E-state index contributed by atoms with van der Waals surface area (Å²) < 4.78 is 10.6. The van der Waals surface area contributed by atoms with E-state index in [1.54, 1.807) is 39.5 Å². The maximum Gasteiger partial charge on any atom is 0.249 e. The van der Waals surface area contributed by atoms with Crippen molar-refractivity contribution in [2.24, 2.45) is 0 Å². The van der Waals surface area contributed by atoms with Crippen molar-refractivity contribution in [3.63, 3.8) is 0 Å². The minimum Gasteiger partial charge on any atom is -0.497 e. The van der Waals surface area contributed by atoms with Gasteiger partial charge in [0.15, 0.2) is 5.82 Å². The van der Waals surface area contributed by atoms with Gasteiger partial charge in [-0.05, 0) is 12.1 Å². The van der Waals surface area contributed by atoms with Crippen LogP contribution < -0.4 is 19.7 Å². The van der Waals surface area contributed by atoms with E-state index in [1.165, 1.54) is 0 Å². The van der Waals surface area contributed by atoms with Gasteiger partial charge in [0.05, 0.1) is 26.1 Å². The molecule has 3 rings (SSSR count). The van der Waals surface area contributed by atoms with Crippen LogP contribution in [0.15, 0.2) is 24.4 Å². The Hall–Kier alpha value is -3.10. The van der Waals surface area contributed by atoms with Crippen molar-refractivity contribution >= 4 is 23.4 Å². The van der Waals surface area contributed by atoms with Crippen molar-refractivity contribution in [1.29, 1.82) is 0 Å². The second-order valence-electron chi connectivity index (χ2n) is 5.82. The summed E-state index contributed by atoms with van der Waals surface area (Å²) >= 11 is 0. The highest BCUT2D eigenvalue weighted by Gasteiger charge is 2.20. The third-order valence-corrected chi connectivity index (χ3v) is 4.25. The standard InChI is InChI=1S/C17H22N6O3/c1-12(24)22-6-8-23(9-7-22)16-11-18-21-17(20-16)19-14-10-13(25-2)4-5-15(14)26-3/h4-5,10-11H,6-9H2,1-3H3,(H,19,20,21). The summed E-state index contributed by atoms with van der Waals surface area (Å²) in [5, 5.41) is 11.2. The summed E-state index contributed by atoms with van der Waals surface area (Å²) in [6.07, 6.45) is 1.62. The number of nitrogens with zero attached hydrogens (tertiary/aromatic N) is 5.